The molecule has 1 aromatic heterocycles. The van der Waals surface area contributed by atoms with E-state index in [1.807, 2.05) is 25.2 Å². The third-order valence-corrected chi connectivity index (χ3v) is 5.35. The Morgan fingerprint density at radius 1 is 1.15 bits per heavy atom. The van der Waals surface area contributed by atoms with Crippen LogP contribution in [0.4, 0.5) is 4.39 Å². The molecule has 4 heteroatoms. The molecule has 0 aliphatic carbocycles. The van der Waals surface area contributed by atoms with Crippen LogP contribution in [-0.4, -0.2) is 7.05 Å². The van der Waals surface area contributed by atoms with E-state index in [-0.39, 0.29) is 5.82 Å². The van der Waals surface area contributed by atoms with Crippen molar-refractivity contribution in [3.8, 4) is 0 Å². The Bertz CT molecular complexity index is 736. The Morgan fingerprint density at radius 2 is 2.00 bits per heavy atom. The second-order valence-electron chi connectivity index (χ2n) is 4.48. The Balaban J connectivity index is 1.99. The smallest absolute Gasteiger partial charge is 0.123 e. The van der Waals surface area contributed by atoms with Crippen LogP contribution >= 0.6 is 23.1 Å². The van der Waals surface area contributed by atoms with Gasteiger partial charge in [-0.05, 0) is 36.9 Å². The largest absolute Gasteiger partial charge is 0.316 e. The minimum atomic E-state index is -0.179. The van der Waals surface area contributed by atoms with Gasteiger partial charge in [0.25, 0.3) is 0 Å². The number of rotatable bonds is 4. The number of nitrogens with one attached hydrogen (secondary N) is 1. The van der Waals surface area contributed by atoms with Crippen LogP contribution in [0.2, 0.25) is 0 Å². The molecule has 102 valence electrons. The van der Waals surface area contributed by atoms with Gasteiger partial charge < -0.3 is 5.32 Å². The van der Waals surface area contributed by atoms with Crippen molar-refractivity contribution < 1.29 is 4.39 Å². The van der Waals surface area contributed by atoms with Crippen LogP contribution in [-0.2, 0) is 6.54 Å². The van der Waals surface area contributed by atoms with Gasteiger partial charge in [-0.3, -0.25) is 0 Å². The normalized spacial score (nSPS) is 11.1. The second kappa shape index (κ2) is 5.95. The van der Waals surface area contributed by atoms with E-state index in [0.717, 1.165) is 21.5 Å². The van der Waals surface area contributed by atoms with Gasteiger partial charge in [0, 0.05) is 31.8 Å². The summed E-state index contributed by atoms with van der Waals surface area (Å²) in [4.78, 5) is 2.33. The van der Waals surface area contributed by atoms with Gasteiger partial charge in [0.15, 0.2) is 0 Å². The number of benzene rings is 2. The van der Waals surface area contributed by atoms with Gasteiger partial charge in [0.1, 0.15) is 5.82 Å². The minimum Gasteiger partial charge on any atom is -0.316 e. The van der Waals surface area contributed by atoms with Gasteiger partial charge in [0.05, 0.1) is 0 Å². The maximum atomic E-state index is 13.4. The zero-order valence-electron chi connectivity index (χ0n) is 11.0. The lowest BCUT2D eigenvalue weighted by molar-refractivity contribution is 0.629. The lowest BCUT2D eigenvalue weighted by Gasteiger charge is -2.08. The summed E-state index contributed by atoms with van der Waals surface area (Å²) in [6.45, 7) is 0.833. The number of halogens is 1. The lowest BCUT2D eigenvalue weighted by atomic mass is 10.2. The highest BCUT2D eigenvalue weighted by molar-refractivity contribution is 7.99. The maximum Gasteiger partial charge on any atom is 0.123 e. The molecule has 0 spiro atoms. The first-order valence-electron chi connectivity index (χ1n) is 6.35. The SMILES string of the molecule is CNCc1ccccc1Sc1csc2ccc(F)cc12. The monoisotopic (exact) mass is 303 g/mol. The Hall–Kier alpha value is -1.36. The van der Waals surface area contributed by atoms with Crippen LogP contribution in [0.5, 0.6) is 0 Å². The van der Waals surface area contributed by atoms with Gasteiger partial charge in [0.2, 0.25) is 0 Å². The van der Waals surface area contributed by atoms with E-state index in [1.54, 1.807) is 29.2 Å². The Kier molecular flexibility index (Phi) is 4.05. The summed E-state index contributed by atoms with van der Waals surface area (Å²) in [5.74, 6) is -0.179. The van der Waals surface area contributed by atoms with Crippen LogP contribution < -0.4 is 5.32 Å². The van der Waals surface area contributed by atoms with E-state index in [4.69, 9.17) is 0 Å². The minimum absolute atomic E-state index is 0.179. The van der Waals surface area contributed by atoms with Crippen LogP contribution in [0, 0.1) is 5.82 Å². The summed E-state index contributed by atoms with van der Waals surface area (Å²) >= 11 is 3.36. The highest BCUT2D eigenvalue weighted by Crippen LogP contribution is 2.38. The quantitative estimate of drug-likeness (QED) is 0.735. The molecule has 1 heterocycles. The molecule has 20 heavy (non-hydrogen) atoms. The van der Waals surface area contributed by atoms with E-state index in [9.17, 15) is 4.39 Å². The first-order chi connectivity index (χ1) is 9.78. The predicted molar refractivity (Wildman–Crippen MR) is 85.1 cm³/mol. The average Bonchev–Trinajstić information content (AvgIpc) is 2.84. The molecule has 1 N–H and O–H groups in total. The molecule has 0 unspecified atom stereocenters. The van der Waals surface area contributed by atoms with Crippen molar-refractivity contribution >= 4 is 33.2 Å². The number of hydrogen-bond donors (Lipinski definition) is 1. The third kappa shape index (κ3) is 2.73. The molecule has 3 aromatic rings. The molecular formula is C16H14FNS2. The van der Waals surface area contributed by atoms with Crippen molar-refractivity contribution in [2.24, 2.45) is 0 Å². The summed E-state index contributed by atoms with van der Waals surface area (Å²) in [5.41, 5.74) is 1.26. The number of hydrogen-bond acceptors (Lipinski definition) is 3. The van der Waals surface area contributed by atoms with Gasteiger partial charge >= 0.3 is 0 Å². The van der Waals surface area contributed by atoms with E-state index in [0.29, 0.717) is 0 Å². The average molecular weight is 303 g/mol. The van der Waals surface area contributed by atoms with Crippen molar-refractivity contribution in [2.45, 2.75) is 16.3 Å². The van der Waals surface area contributed by atoms with E-state index in [2.05, 4.69) is 22.8 Å². The summed E-state index contributed by atoms with van der Waals surface area (Å²) in [5, 5.41) is 6.28. The van der Waals surface area contributed by atoms with Gasteiger partial charge in [-0.2, -0.15) is 0 Å². The summed E-state index contributed by atoms with van der Waals surface area (Å²) in [7, 11) is 1.94. The zero-order valence-corrected chi connectivity index (χ0v) is 12.7. The molecule has 0 atom stereocenters. The fraction of sp³-hybridized carbons (Fsp3) is 0.125. The zero-order chi connectivity index (χ0) is 13.9. The van der Waals surface area contributed by atoms with Crippen molar-refractivity contribution in [1.82, 2.24) is 5.32 Å². The standard InChI is InChI=1S/C16H14FNS2/c1-18-9-11-4-2-3-5-14(11)20-16-10-19-15-7-6-12(17)8-13(15)16/h2-8,10,18H,9H2,1H3. The maximum absolute atomic E-state index is 13.4. The summed E-state index contributed by atoms with van der Waals surface area (Å²) < 4.78 is 14.5. The lowest BCUT2D eigenvalue weighted by Crippen LogP contribution is -2.05. The fourth-order valence-electron chi connectivity index (χ4n) is 2.12. The third-order valence-electron chi connectivity index (χ3n) is 3.06. The second-order valence-corrected chi connectivity index (χ2v) is 6.48. The van der Waals surface area contributed by atoms with Crippen molar-refractivity contribution in [3.63, 3.8) is 0 Å². The van der Waals surface area contributed by atoms with Crippen molar-refractivity contribution in [2.75, 3.05) is 7.05 Å². The summed E-state index contributed by atoms with van der Waals surface area (Å²) in [6, 6.07) is 13.3. The molecule has 0 fully saturated rings. The highest BCUT2D eigenvalue weighted by Gasteiger charge is 2.09. The molecular weight excluding hydrogens is 289 g/mol. The molecule has 1 nitrogen and oxygen atoms in total. The Labute approximate surface area is 125 Å². The molecule has 0 aliphatic rings. The molecule has 0 aliphatic heterocycles. The van der Waals surface area contributed by atoms with Gasteiger partial charge in [-0.1, -0.05) is 30.0 Å². The predicted octanol–water partition coefficient (Wildman–Crippen LogP) is 4.91. The van der Waals surface area contributed by atoms with E-state index in [1.165, 1.54) is 16.5 Å². The fourth-order valence-corrected chi connectivity index (χ4v) is 4.25. The first kappa shape index (κ1) is 13.6. The van der Waals surface area contributed by atoms with Gasteiger partial charge in [-0.15, -0.1) is 11.3 Å². The van der Waals surface area contributed by atoms with Crippen LogP contribution in [0.1, 0.15) is 5.56 Å². The van der Waals surface area contributed by atoms with E-state index < -0.39 is 0 Å². The molecule has 0 saturated heterocycles. The molecule has 0 saturated carbocycles. The molecule has 0 radical (unpaired) electrons. The van der Waals surface area contributed by atoms with Crippen LogP contribution in [0.3, 0.4) is 0 Å². The van der Waals surface area contributed by atoms with E-state index >= 15 is 0 Å². The molecule has 0 amide bonds. The number of thiophene rings is 1. The Morgan fingerprint density at radius 3 is 2.85 bits per heavy atom. The summed E-state index contributed by atoms with van der Waals surface area (Å²) in [6.07, 6.45) is 0. The topological polar surface area (TPSA) is 12.0 Å². The number of fused-ring (bicyclic) bond motifs is 1. The van der Waals surface area contributed by atoms with Crippen LogP contribution in [0.25, 0.3) is 10.1 Å². The molecule has 0 bridgehead atoms. The van der Waals surface area contributed by atoms with Crippen LogP contribution in [0.15, 0.2) is 57.6 Å². The first-order valence-corrected chi connectivity index (χ1v) is 8.04. The highest BCUT2D eigenvalue weighted by atomic mass is 32.2. The van der Waals surface area contributed by atoms with Crippen molar-refractivity contribution in [1.29, 1.82) is 0 Å². The molecule has 2 aromatic carbocycles. The van der Waals surface area contributed by atoms with Gasteiger partial charge in [-0.25, -0.2) is 4.39 Å². The van der Waals surface area contributed by atoms with Crippen molar-refractivity contribution in [3.05, 3.63) is 59.2 Å². The molecule has 3 rings (SSSR count).